The van der Waals surface area contributed by atoms with Gasteiger partial charge in [0.2, 0.25) is 0 Å². The normalized spacial score (nSPS) is 11.9. The molecule has 0 saturated heterocycles. The van der Waals surface area contributed by atoms with E-state index in [9.17, 15) is 9.59 Å². The molecule has 1 rings (SSSR count). The Morgan fingerprint density at radius 3 is 2.12 bits per heavy atom. The summed E-state index contributed by atoms with van der Waals surface area (Å²) >= 11 is 0. The number of carbonyl (C=O) groups is 2. The number of hydrogen-bond donors (Lipinski definition) is 0. The highest BCUT2D eigenvalue weighted by atomic mass is 16.5. The van der Waals surface area contributed by atoms with Gasteiger partial charge in [-0.25, -0.2) is 0 Å². The predicted octanol–water partition coefficient (Wildman–Crippen LogP) is 4.69. The maximum Gasteiger partial charge on any atom is 0.306 e. The van der Waals surface area contributed by atoms with Crippen molar-refractivity contribution in [2.75, 3.05) is 6.61 Å². The molecule has 0 fully saturated rings. The van der Waals surface area contributed by atoms with E-state index in [0.29, 0.717) is 19.6 Å². The fraction of sp³-hybridized carbons (Fsp3) is 0.619. The topological polar surface area (TPSA) is 52.6 Å². The maximum atomic E-state index is 11.8. The van der Waals surface area contributed by atoms with E-state index in [0.717, 1.165) is 24.0 Å². The van der Waals surface area contributed by atoms with E-state index in [1.807, 2.05) is 39.0 Å². The van der Waals surface area contributed by atoms with Crippen LogP contribution in [0.25, 0.3) is 0 Å². The summed E-state index contributed by atoms with van der Waals surface area (Å²) in [6, 6.07) is 7.99. The van der Waals surface area contributed by atoms with E-state index in [1.54, 1.807) is 0 Å². The average Bonchev–Trinajstić information content (AvgIpc) is 2.43. The summed E-state index contributed by atoms with van der Waals surface area (Å²) in [5.41, 5.74) is 2.11. The quantitative estimate of drug-likeness (QED) is 0.640. The fourth-order valence-electron chi connectivity index (χ4n) is 2.58. The molecule has 0 aliphatic rings. The van der Waals surface area contributed by atoms with Crippen molar-refractivity contribution in [3.05, 3.63) is 35.4 Å². The summed E-state index contributed by atoms with van der Waals surface area (Å²) in [4.78, 5) is 22.9. The largest absolute Gasteiger partial charge is 0.466 e. The Morgan fingerprint density at radius 1 is 0.960 bits per heavy atom. The fourth-order valence-corrected chi connectivity index (χ4v) is 2.58. The number of esters is 2. The van der Waals surface area contributed by atoms with E-state index in [-0.39, 0.29) is 22.8 Å². The molecule has 1 aromatic rings. The van der Waals surface area contributed by atoms with Crippen LogP contribution in [0, 0.1) is 10.8 Å². The van der Waals surface area contributed by atoms with Gasteiger partial charge in [-0.3, -0.25) is 9.59 Å². The van der Waals surface area contributed by atoms with E-state index >= 15 is 0 Å². The molecule has 4 nitrogen and oxygen atoms in total. The van der Waals surface area contributed by atoms with Crippen molar-refractivity contribution in [3.8, 4) is 0 Å². The first kappa shape index (κ1) is 21.2. The van der Waals surface area contributed by atoms with Crippen LogP contribution in [0.5, 0.6) is 0 Å². The Morgan fingerprint density at radius 2 is 1.56 bits per heavy atom. The Balaban J connectivity index is 2.57. The van der Waals surface area contributed by atoms with Gasteiger partial charge in [-0.15, -0.1) is 0 Å². The molecule has 0 bridgehead atoms. The van der Waals surface area contributed by atoms with Crippen molar-refractivity contribution in [1.82, 2.24) is 0 Å². The van der Waals surface area contributed by atoms with Gasteiger partial charge in [0, 0.05) is 6.92 Å². The van der Waals surface area contributed by atoms with Gasteiger partial charge in [0.1, 0.15) is 6.61 Å². The first-order chi connectivity index (χ1) is 11.5. The molecule has 0 aliphatic heterocycles. The van der Waals surface area contributed by atoms with Gasteiger partial charge in [-0.05, 0) is 34.8 Å². The second-order valence-electron chi connectivity index (χ2n) is 8.60. The molecular weight excluding hydrogens is 316 g/mol. The monoisotopic (exact) mass is 348 g/mol. The smallest absolute Gasteiger partial charge is 0.306 e. The van der Waals surface area contributed by atoms with Crippen molar-refractivity contribution in [3.63, 3.8) is 0 Å². The SMILES string of the molecule is CC(=O)OCc1ccccc1CC(C)(C)CCOC(=O)CC(C)(C)C. The van der Waals surface area contributed by atoms with Crippen molar-refractivity contribution in [1.29, 1.82) is 0 Å². The highest BCUT2D eigenvalue weighted by molar-refractivity contribution is 5.70. The predicted molar refractivity (Wildman–Crippen MR) is 99.0 cm³/mol. The molecule has 0 atom stereocenters. The maximum absolute atomic E-state index is 11.8. The van der Waals surface area contributed by atoms with Crippen LogP contribution < -0.4 is 0 Å². The lowest BCUT2D eigenvalue weighted by atomic mass is 9.81. The first-order valence-electron chi connectivity index (χ1n) is 8.84. The van der Waals surface area contributed by atoms with Crippen LogP contribution in [0.3, 0.4) is 0 Å². The number of carbonyl (C=O) groups excluding carboxylic acids is 2. The second-order valence-corrected chi connectivity index (χ2v) is 8.60. The summed E-state index contributed by atoms with van der Waals surface area (Å²) < 4.78 is 10.5. The lowest BCUT2D eigenvalue weighted by Crippen LogP contribution is -2.21. The molecule has 0 aliphatic carbocycles. The van der Waals surface area contributed by atoms with Crippen LogP contribution in [0.15, 0.2) is 24.3 Å². The number of ether oxygens (including phenoxy) is 2. The van der Waals surface area contributed by atoms with Gasteiger partial charge >= 0.3 is 11.9 Å². The van der Waals surface area contributed by atoms with Gasteiger partial charge in [-0.1, -0.05) is 58.9 Å². The molecular formula is C21H32O4. The minimum Gasteiger partial charge on any atom is -0.466 e. The minimum absolute atomic E-state index is 0.0195. The summed E-state index contributed by atoms with van der Waals surface area (Å²) in [7, 11) is 0. The summed E-state index contributed by atoms with van der Waals surface area (Å²) in [6.45, 7) is 12.5. The first-order valence-corrected chi connectivity index (χ1v) is 8.84. The third kappa shape index (κ3) is 9.28. The molecule has 0 radical (unpaired) electrons. The molecule has 0 N–H and O–H groups in total. The summed E-state index contributed by atoms with van der Waals surface area (Å²) in [5.74, 6) is -0.418. The standard InChI is InChI=1S/C21H32O4/c1-16(22)25-15-18-10-8-7-9-17(18)13-21(5,6)11-12-24-19(23)14-20(2,3)4/h7-10H,11-15H2,1-6H3. The van der Waals surface area contributed by atoms with Crippen LogP contribution in [-0.2, 0) is 32.1 Å². The van der Waals surface area contributed by atoms with Crippen molar-refractivity contribution < 1.29 is 19.1 Å². The lowest BCUT2D eigenvalue weighted by Gasteiger charge is -2.26. The Kier molecular flexibility index (Phi) is 7.65. The van der Waals surface area contributed by atoms with E-state index in [1.165, 1.54) is 6.92 Å². The lowest BCUT2D eigenvalue weighted by molar-refractivity contribution is -0.146. The molecule has 140 valence electrons. The van der Waals surface area contributed by atoms with Gasteiger partial charge in [0.15, 0.2) is 0 Å². The van der Waals surface area contributed by atoms with E-state index < -0.39 is 0 Å². The Labute approximate surface area is 151 Å². The minimum atomic E-state index is -0.278. The molecule has 1 aromatic carbocycles. The molecule has 4 heteroatoms. The van der Waals surface area contributed by atoms with Gasteiger partial charge in [0.05, 0.1) is 13.0 Å². The van der Waals surface area contributed by atoms with E-state index in [2.05, 4.69) is 19.9 Å². The summed E-state index contributed by atoms with van der Waals surface area (Å²) in [6.07, 6.45) is 2.05. The van der Waals surface area contributed by atoms with Crippen LogP contribution in [0.1, 0.15) is 65.5 Å². The number of rotatable bonds is 8. The van der Waals surface area contributed by atoms with Crippen LogP contribution >= 0.6 is 0 Å². The highest BCUT2D eigenvalue weighted by Crippen LogP contribution is 2.28. The molecule has 0 amide bonds. The Bertz CT molecular complexity index is 582. The molecule has 0 unspecified atom stereocenters. The molecule has 0 spiro atoms. The van der Waals surface area contributed by atoms with Crippen LogP contribution in [-0.4, -0.2) is 18.5 Å². The van der Waals surface area contributed by atoms with Gasteiger partial charge < -0.3 is 9.47 Å². The average molecular weight is 348 g/mol. The van der Waals surface area contributed by atoms with Gasteiger partial charge in [-0.2, -0.15) is 0 Å². The second kappa shape index (κ2) is 9.02. The van der Waals surface area contributed by atoms with Crippen molar-refractivity contribution in [2.45, 2.75) is 67.4 Å². The summed E-state index contributed by atoms with van der Waals surface area (Å²) in [5, 5.41) is 0. The third-order valence-electron chi connectivity index (χ3n) is 3.93. The molecule has 0 saturated carbocycles. The number of benzene rings is 1. The Hall–Kier alpha value is -1.84. The van der Waals surface area contributed by atoms with Crippen LogP contribution in [0.2, 0.25) is 0 Å². The zero-order valence-electron chi connectivity index (χ0n) is 16.5. The highest BCUT2D eigenvalue weighted by Gasteiger charge is 2.22. The molecule has 0 aromatic heterocycles. The molecule has 25 heavy (non-hydrogen) atoms. The van der Waals surface area contributed by atoms with Crippen LogP contribution in [0.4, 0.5) is 0 Å². The zero-order valence-corrected chi connectivity index (χ0v) is 16.5. The number of hydrogen-bond acceptors (Lipinski definition) is 4. The third-order valence-corrected chi connectivity index (χ3v) is 3.93. The van der Waals surface area contributed by atoms with Gasteiger partial charge in [0.25, 0.3) is 0 Å². The zero-order chi connectivity index (χ0) is 19.1. The van der Waals surface area contributed by atoms with Crippen molar-refractivity contribution >= 4 is 11.9 Å². The molecule has 0 heterocycles. The van der Waals surface area contributed by atoms with E-state index in [4.69, 9.17) is 9.47 Å². The van der Waals surface area contributed by atoms with Crippen molar-refractivity contribution in [2.24, 2.45) is 10.8 Å².